The fourth-order valence-corrected chi connectivity index (χ4v) is 2.16. The minimum atomic E-state index is 0.972. The van der Waals surface area contributed by atoms with Crippen molar-refractivity contribution in [1.29, 1.82) is 0 Å². The third-order valence-corrected chi connectivity index (χ3v) is 3.38. The van der Waals surface area contributed by atoms with Gasteiger partial charge in [-0.05, 0) is 31.3 Å². The average molecular weight is 233 g/mol. The van der Waals surface area contributed by atoms with E-state index >= 15 is 0 Å². The number of hydrogen-bond donors (Lipinski definition) is 1. The van der Waals surface area contributed by atoms with Gasteiger partial charge in [-0.25, -0.2) is 0 Å². The Kier molecular flexibility index (Phi) is 4.40. The first-order valence-corrected chi connectivity index (χ1v) is 6.52. The molecule has 0 unspecified atom stereocenters. The van der Waals surface area contributed by atoms with Crippen molar-refractivity contribution in [3.8, 4) is 0 Å². The van der Waals surface area contributed by atoms with Gasteiger partial charge >= 0.3 is 0 Å². The Morgan fingerprint density at radius 1 is 1.06 bits per heavy atom. The second-order valence-electron chi connectivity index (χ2n) is 4.74. The SMILES string of the molecule is CCNCc1ccc(N2CCN(C)CC2)cc1. The van der Waals surface area contributed by atoms with Gasteiger partial charge in [-0.15, -0.1) is 0 Å². The summed E-state index contributed by atoms with van der Waals surface area (Å²) >= 11 is 0. The molecule has 0 radical (unpaired) electrons. The van der Waals surface area contributed by atoms with Crippen LogP contribution in [0.2, 0.25) is 0 Å². The molecule has 1 aliphatic heterocycles. The first-order valence-electron chi connectivity index (χ1n) is 6.52. The Labute approximate surface area is 104 Å². The molecule has 94 valence electrons. The first kappa shape index (κ1) is 12.4. The molecule has 0 aromatic heterocycles. The van der Waals surface area contributed by atoms with Crippen LogP contribution in [0.15, 0.2) is 24.3 Å². The Morgan fingerprint density at radius 3 is 2.29 bits per heavy atom. The van der Waals surface area contributed by atoms with E-state index in [9.17, 15) is 0 Å². The fourth-order valence-electron chi connectivity index (χ4n) is 2.16. The van der Waals surface area contributed by atoms with Crippen LogP contribution in [-0.4, -0.2) is 44.7 Å². The van der Waals surface area contributed by atoms with Crippen LogP contribution in [-0.2, 0) is 6.54 Å². The topological polar surface area (TPSA) is 18.5 Å². The highest BCUT2D eigenvalue weighted by Crippen LogP contribution is 2.16. The van der Waals surface area contributed by atoms with E-state index in [1.165, 1.54) is 24.3 Å². The molecule has 1 heterocycles. The van der Waals surface area contributed by atoms with Gasteiger partial charge in [0, 0.05) is 38.4 Å². The zero-order valence-corrected chi connectivity index (χ0v) is 10.9. The van der Waals surface area contributed by atoms with Crippen LogP contribution in [0.4, 0.5) is 5.69 Å². The molecule has 3 heteroatoms. The molecule has 1 aromatic carbocycles. The number of benzene rings is 1. The Hall–Kier alpha value is -1.06. The summed E-state index contributed by atoms with van der Waals surface area (Å²) in [4.78, 5) is 4.85. The summed E-state index contributed by atoms with van der Waals surface area (Å²) in [5.74, 6) is 0. The lowest BCUT2D eigenvalue weighted by molar-refractivity contribution is 0.313. The third kappa shape index (κ3) is 3.45. The highest BCUT2D eigenvalue weighted by Gasteiger charge is 2.13. The van der Waals surface area contributed by atoms with Crippen LogP contribution in [0.25, 0.3) is 0 Å². The van der Waals surface area contributed by atoms with Crippen LogP contribution < -0.4 is 10.2 Å². The van der Waals surface area contributed by atoms with Gasteiger partial charge in [0.2, 0.25) is 0 Å². The van der Waals surface area contributed by atoms with Crippen molar-refractivity contribution in [2.24, 2.45) is 0 Å². The van der Waals surface area contributed by atoms with Gasteiger partial charge in [0.1, 0.15) is 0 Å². The predicted molar refractivity (Wildman–Crippen MR) is 73.5 cm³/mol. The van der Waals surface area contributed by atoms with E-state index in [1.807, 2.05) is 0 Å². The molecule has 0 saturated carbocycles. The minimum absolute atomic E-state index is 0.972. The monoisotopic (exact) mass is 233 g/mol. The van der Waals surface area contributed by atoms with Crippen molar-refractivity contribution in [2.45, 2.75) is 13.5 Å². The second kappa shape index (κ2) is 6.03. The van der Waals surface area contributed by atoms with Crippen molar-refractivity contribution in [3.63, 3.8) is 0 Å². The molecule has 1 N–H and O–H groups in total. The molecule has 2 rings (SSSR count). The third-order valence-electron chi connectivity index (χ3n) is 3.38. The number of piperazine rings is 1. The Balaban J connectivity index is 1.93. The lowest BCUT2D eigenvalue weighted by Gasteiger charge is -2.34. The minimum Gasteiger partial charge on any atom is -0.369 e. The maximum absolute atomic E-state index is 3.35. The predicted octanol–water partition coefficient (Wildman–Crippen LogP) is 1.55. The zero-order chi connectivity index (χ0) is 12.1. The second-order valence-corrected chi connectivity index (χ2v) is 4.74. The molecular weight excluding hydrogens is 210 g/mol. The zero-order valence-electron chi connectivity index (χ0n) is 10.9. The van der Waals surface area contributed by atoms with E-state index < -0.39 is 0 Å². The molecule has 0 atom stereocenters. The summed E-state index contributed by atoms with van der Waals surface area (Å²) in [6.07, 6.45) is 0. The van der Waals surface area contributed by atoms with Crippen molar-refractivity contribution >= 4 is 5.69 Å². The van der Waals surface area contributed by atoms with Gasteiger partial charge in [0.05, 0.1) is 0 Å². The van der Waals surface area contributed by atoms with E-state index in [2.05, 4.69) is 53.4 Å². The summed E-state index contributed by atoms with van der Waals surface area (Å²) in [6, 6.07) is 8.96. The number of rotatable bonds is 4. The first-order chi connectivity index (χ1) is 8.29. The molecule has 1 fully saturated rings. The normalized spacial score (nSPS) is 17.4. The average Bonchev–Trinajstić information content (AvgIpc) is 2.38. The fraction of sp³-hybridized carbons (Fsp3) is 0.571. The summed E-state index contributed by atoms with van der Waals surface area (Å²) in [5.41, 5.74) is 2.73. The number of anilines is 1. The maximum Gasteiger partial charge on any atom is 0.0367 e. The van der Waals surface area contributed by atoms with Crippen LogP contribution >= 0.6 is 0 Å². The molecule has 0 bridgehead atoms. The molecule has 1 aromatic rings. The van der Waals surface area contributed by atoms with E-state index in [0.717, 1.165) is 26.2 Å². The van der Waals surface area contributed by atoms with Gasteiger partial charge in [0.15, 0.2) is 0 Å². The Morgan fingerprint density at radius 2 is 1.71 bits per heavy atom. The van der Waals surface area contributed by atoms with E-state index in [4.69, 9.17) is 0 Å². The molecule has 0 amide bonds. The van der Waals surface area contributed by atoms with Crippen LogP contribution in [0.5, 0.6) is 0 Å². The molecule has 0 aliphatic carbocycles. The number of hydrogen-bond acceptors (Lipinski definition) is 3. The summed E-state index contributed by atoms with van der Waals surface area (Å²) < 4.78 is 0. The van der Waals surface area contributed by atoms with Crippen LogP contribution in [0.3, 0.4) is 0 Å². The van der Waals surface area contributed by atoms with Crippen LogP contribution in [0.1, 0.15) is 12.5 Å². The van der Waals surface area contributed by atoms with Crippen LogP contribution in [0, 0.1) is 0 Å². The number of nitrogens with zero attached hydrogens (tertiary/aromatic N) is 2. The lowest BCUT2D eigenvalue weighted by atomic mass is 10.2. The molecule has 17 heavy (non-hydrogen) atoms. The molecular formula is C14H23N3. The van der Waals surface area contributed by atoms with Gasteiger partial charge in [0.25, 0.3) is 0 Å². The van der Waals surface area contributed by atoms with Crippen molar-refractivity contribution < 1.29 is 0 Å². The maximum atomic E-state index is 3.35. The van der Waals surface area contributed by atoms with Crippen molar-refractivity contribution in [1.82, 2.24) is 10.2 Å². The smallest absolute Gasteiger partial charge is 0.0367 e. The quantitative estimate of drug-likeness (QED) is 0.851. The highest BCUT2D eigenvalue weighted by atomic mass is 15.2. The van der Waals surface area contributed by atoms with E-state index in [0.29, 0.717) is 0 Å². The van der Waals surface area contributed by atoms with E-state index in [-0.39, 0.29) is 0 Å². The molecule has 0 spiro atoms. The van der Waals surface area contributed by atoms with Gasteiger partial charge in [-0.2, -0.15) is 0 Å². The molecule has 3 nitrogen and oxygen atoms in total. The van der Waals surface area contributed by atoms with Gasteiger partial charge in [-0.3, -0.25) is 0 Å². The number of likely N-dealkylation sites (N-methyl/N-ethyl adjacent to an activating group) is 1. The van der Waals surface area contributed by atoms with Gasteiger partial charge in [-0.1, -0.05) is 19.1 Å². The van der Waals surface area contributed by atoms with Crippen molar-refractivity contribution in [2.75, 3.05) is 44.7 Å². The summed E-state index contributed by atoms with van der Waals surface area (Å²) in [6.45, 7) is 8.75. The van der Waals surface area contributed by atoms with Gasteiger partial charge < -0.3 is 15.1 Å². The lowest BCUT2D eigenvalue weighted by Crippen LogP contribution is -2.44. The highest BCUT2D eigenvalue weighted by molar-refractivity contribution is 5.48. The summed E-state index contributed by atoms with van der Waals surface area (Å²) in [7, 11) is 2.19. The molecule has 1 saturated heterocycles. The van der Waals surface area contributed by atoms with Crippen molar-refractivity contribution in [3.05, 3.63) is 29.8 Å². The summed E-state index contributed by atoms with van der Waals surface area (Å²) in [5, 5.41) is 3.35. The largest absolute Gasteiger partial charge is 0.369 e. The number of nitrogens with one attached hydrogen (secondary N) is 1. The van der Waals surface area contributed by atoms with E-state index in [1.54, 1.807) is 0 Å². The Bertz CT molecular complexity index is 326. The standard InChI is InChI=1S/C14H23N3/c1-3-15-12-13-4-6-14(7-5-13)17-10-8-16(2)9-11-17/h4-7,15H,3,8-12H2,1-2H3. The molecule has 1 aliphatic rings.